The van der Waals surface area contributed by atoms with Crippen LogP contribution in [0.15, 0.2) is 48.8 Å². The van der Waals surface area contributed by atoms with Crippen molar-refractivity contribution in [2.24, 2.45) is 5.92 Å². The number of nitrogens with one attached hydrogen (secondary N) is 1. The minimum atomic E-state index is 0.00279. The lowest BCUT2D eigenvalue weighted by atomic mass is 9.92. The van der Waals surface area contributed by atoms with Gasteiger partial charge in [0.05, 0.1) is 18.2 Å². The Bertz CT molecular complexity index is 895. The third-order valence-electron chi connectivity index (χ3n) is 4.58. The molecule has 0 saturated heterocycles. The zero-order valence-corrected chi connectivity index (χ0v) is 15.3. The zero-order chi connectivity index (χ0) is 18.0. The lowest BCUT2D eigenvalue weighted by Crippen LogP contribution is -2.33. The minimum Gasteiger partial charge on any atom is -0.349 e. The molecule has 4 nitrogen and oxygen atoms in total. The molecule has 0 bridgehead atoms. The molecule has 1 atom stereocenters. The fourth-order valence-electron chi connectivity index (χ4n) is 3.22. The Hall–Kier alpha value is -2.62. The number of fused-ring (bicyclic) bond motifs is 1. The molecule has 0 saturated carbocycles. The second kappa shape index (κ2) is 7.09. The average Bonchev–Trinajstić information content (AvgIpc) is 2.97. The van der Waals surface area contributed by atoms with Crippen molar-refractivity contribution in [1.29, 1.82) is 0 Å². The van der Waals surface area contributed by atoms with E-state index in [4.69, 9.17) is 0 Å². The van der Waals surface area contributed by atoms with Crippen molar-refractivity contribution < 1.29 is 4.79 Å². The van der Waals surface area contributed by atoms with Crippen LogP contribution in [0.1, 0.15) is 42.3 Å². The molecule has 0 aliphatic rings. The van der Waals surface area contributed by atoms with E-state index in [9.17, 15) is 4.79 Å². The maximum absolute atomic E-state index is 12.6. The molecule has 4 heteroatoms. The first-order chi connectivity index (χ1) is 12.0. The predicted molar refractivity (Wildman–Crippen MR) is 101 cm³/mol. The summed E-state index contributed by atoms with van der Waals surface area (Å²) in [4.78, 5) is 17.2. The normalized spacial score (nSPS) is 12.5. The maximum atomic E-state index is 12.6. The molecule has 130 valence electrons. The van der Waals surface area contributed by atoms with E-state index in [0.29, 0.717) is 5.92 Å². The molecule has 1 unspecified atom stereocenters. The van der Waals surface area contributed by atoms with E-state index in [1.165, 1.54) is 11.1 Å². The number of aromatic nitrogens is 2. The number of carbonyl (C=O) groups is 1. The van der Waals surface area contributed by atoms with E-state index in [1.807, 2.05) is 48.0 Å². The SMILES string of the molecule is Cc1ccccc1C(NC(=O)Cc1cn2cccc(C)c2n1)C(C)C. The fraction of sp³-hybridized carbons (Fsp3) is 0.333. The molecule has 1 aromatic carbocycles. The van der Waals surface area contributed by atoms with Gasteiger partial charge in [0, 0.05) is 12.4 Å². The largest absolute Gasteiger partial charge is 0.349 e. The Balaban J connectivity index is 1.77. The third-order valence-corrected chi connectivity index (χ3v) is 4.58. The van der Waals surface area contributed by atoms with Crippen molar-refractivity contribution in [2.75, 3.05) is 0 Å². The van der Waals surface area contributed by atoms with E-state index >= 15 is 0 Å². The van der Waals surface area contributed by atoms with Crippen LogP contribution < -0.4 is 5.32 Å². The molecule has 0 fully saturated rings. The number of hydrogen-bond acceptors (Lipinski definition) is 2. The predicted octanol–water partition coefficient (Wildman–Crippen LogP) is 4.01. The van der Waals surface area contributed by atoms with E-state index in [1.54, 1.807) is 0 Å². The molecular weight excluding hydrogens is 310 g/mol. The van der Waals surface area contributed by atoms with Crippen LogP contribution >= 0.6 is 0 Å². The van der Waals surface area contributed by atoms with Crippen LogP contribution in [0.3, 0.4) is 0 Å². The number of pyridine rings is 1. The van der Waals surface area contributed by atoms with Gasteiger partial charge in [0.1, 0.15) is 5.65 Å². The number of carbonyl (C=O) groups excluding carboxylic acids is 1. The third kappa shape index (κ3) is 3.73. The summed E-state index contributed by atoms with van der Waals surface area (Å²) in [5, 5.41) is 3.19. The molecule has 0 aliphatic heterocycles. The number of benzene rings is 1. The molecule has 2 aromatic heterocycles. The second-order valence-corrected chi connectivity index (χ2v) is 6.98. The highest BCUT2D eigenvalue weighted by Crippen LogP contribution is 2.24. The topological polar surface area (TPSA) is 46.4 Å². The molecule has 1 amide bonds. The Morgan fingerprint density at radius 3 is 2.52 bits per heavy atom. The van der Waals surface area contributed by atoms with Crippen molar-refractivity contribution in [3.63, 3.8) is 0 Å². The summed E-state index contributed by atoms with van der Waals surface area (Å²) in [5.41, 5.74) is 5.18. The van der Waals surface area contributed by atoms with Gasteiger partial charge in [-0.3, -0.25) is 4.79 Å². The van der Waals surface area contributed by atoms with Gasteiger partial charge in [0.2, 0.25) is 5.91 Å². The Morgan fingerprint density at radius 2 is 1.84 bits per heavy atom. The molecule has 0 radical (unpaired) electrons. The van der Waals surface area contributed by atoms with Crippen LogP contribution in [0.25, 0.3) is 5.65 Å². The van der Waals surface area contributed by atoms with Gasteiger partial charge >= 0.3 is 0 Å². The first-order valence-electron chi connectivity index (χ1n) is 8.74. The van der Waals surface area contributed by atoms with E-state index < -0.39 is 0 Å². The van der Waals surface area contributed by atoms with E-state index in [0.717, 1.165) is 16.9 Å². The van der Waals surface area contributed by atoms with Crippen LogP contribution in [0, 0.1) is 19.8 Å². The molecule has 3 aromatic rings. The lowest BCUT2D eigenvalue weighted by molar-refractivity contribution is -0.121. The van der Waals surface area contributed by atoms with Gasteiger partial charge in [-0.15, -0.1) is 0 Å². The van der Waals surface area contributed by atoms with Gasteiger partial charge < -0.3 is 9.72 Å². The van der Waals surface area contributed by atoms with E-state index in [2.05, 4.69) is 43.2 Å². The van der Waals surface area contributed by atoms with Crippen LogP contribution in [-0.4, -0.2) is 15.3 Å². The first kappa shape index (κ1) is 17.2. The standard InChI is InChI=1S/C21H25N3O/c1-14(2)20(18-10-6-5-8-15(18)3)23-19(25)12-17-13-24-11-7-9-16(4)21(24)22-17/h5-11,13-14,20H,12H2,1-4H3,(H,23,25). The quantitative estimate of drug-likeness (QED) is 0.766. The van der Waals surface area contributed by atoms with Gasteiger partial charge in [0.15, 0.2) is 0 Å². The summed E-state index contributed by atoms with van der Waals surface area (Å²) in [6.45, 7) is 8.37. The summed E-state index contributed by atoms with van der Waals surface area (Å²) in [5.74, 6) is 0.316. The zero-order valence-electron chi connectivity index (χ0n) is 15.3. The molecule has 1 N–H and O–H groups in total. The molecular formula is C21H25N3O. The molecule has 25 heavy (non-hydrogen) atoms. The number of hydrogen-bond donors (Lipinski definition) is 1. The fourth-order valence-corrected chi connectivity index (χ4v) is 3.22. The number of amides is 1. The van der Waals surface area contributed by atoms with Crippen molar-refractivity contribution >= 4 is 11.6 Å². The molecule has 0 spiro atoms. The summed E-state index contributed by atoms with van der Waals surface area (Å²) in [7, 11) is 0. The van der Waals surface area contributed by atoms with E-state index in [-0.39, 0.29) is 18.4 Å². The molecule has 0 aliphatic carbocycles. The van der Waals surface area contributed by atoms with Gasteiger partial charge in [-0.2, -0.15) is 0 Å². The number of aryl methyl sites for hydroxylation is 2. The smallest absolute Gasteiger partial charge is 0.226 e. The van der Waals surface area contributed by atoms with Gasteiger partial charge in [0.25, 0.3) is 0 Å². The molecule has 2 heterocycles. The summed E-state index contributed by atoms with van der Waals surface area (Å²) in [6, 6.07) is 12.2. The Morgan fingerprint density at radius 1 is 1.12 bits per heavy atom. The summed E-state index contributed by atoms with van der Waals surface area (Å²) in [6.07, 6.45) is 4.18. The van der Waals surface area contributed by atoms with Gasteiger partial charge in [-0.05, 0) is 42.5 Å². The lowest BCUT2D eigenvalue weighted by Gasteiger charge is -2.24. The van der Waals surface area contributed by atoms with Crippen molar-refractivity contribution in [2.45, 2.75) is 40.2 Å². The second-order valence-electron chi connectivity index (χ2n) is 6.98. The average molecular weight is 335 g/mol. The van der Waals surface area contributed by atoms with Gasteiger partial charge in [-0.1, -0.05) is 44.2 Å². The summed E-state index contributed by atoms with van der Waals surface area (Å²) >= 11 is 0. The monoisotopic (exact) mass is 335 g/mol. The van der Waals surface area contributed by atoms with Crippen molar-refractivity contribution in [1.82, 2.24) is 14.7 Å². The highest BCUT2D eigenvalue weighted by atomic mass is 16.1. The first-order valence-corrected chi connectivity index (χ1v) is 8.74. The Kier molecular flexibility index (Phi) is 4.88. The number of imidazole rings is 1. The highest BCUT2D eigenvalue weighted by molar-refractivity contribution is 5.79. The highest BCUT2D eigenvalue weighted by Gasteiger charge is 2.20. The van der Waals surface area contributed by atoms with Crippen LogP contribution in [-0.2, 0) is 11.2 Å². The van der Waals surface area contributed by atoms with Gasteiger partial charge in [-0.25, -0.2) is 4.98 Å². The number of rotatable bonds is 5. The van der Waals surface area contributed by atoms with Crippen molar-refractivity contribution in [3.05, 3.63) is 71.2 Å². The van der Waals surface area contributed by atoms with Crippen molar-refractivity contribution in [3.8, 4) is 0 Å². The number of nitrogens with zero attached hydrogens (tertiary/aromatic N) is 2. The Labute approximate surface area is 148 Å². The molecule has 3 rings (SSSR count). The summed E-state index contributed by atoms with van der Waals surface area (Å²) < 4.78 is 1.97. The van der Waals surface area contributed by atoms with Crippen LogP contribution in [0.4, 0.5) is 0 Å². The van der Waals surface area contributed by atoms with Crippen LogP contribution in [0.2, 0.25) is 0 Å². The minimum absolute atomic E-state index is 0.00279. The maximum Gasteiger partial charge on any atom is 0.226 e. The van der Waals surface area contributed by atoms with Crippen LogP contribution in [0.5, 0.6) is 0 Å².